The van der Waals surface area contributed by atoms with Gasteiger partial charge in [0.15, 0.2) is 5.79 Å². The minimum absolute atomic E-state index is 0.109. The summed E-state index contributed by atoms with van der Waals surface area (Å²) in [7, 11) is 0. The van der Waals surface area contributed by atoms with Crippen LogP contribution < -0.4 is 11.4 Å². The van der Waals surface area contributed by atoms with Gasteiger partial charge in [-0.2, -0.15) is 4.98 Å². The molecule has 2 fully saturated rings. The summed E-state index contributed by atoms with van der Waals surface area (Å²) in [5, 5.41) is 0. The highest BCUT2D eigenvalue weighted by Crippen LogP contribution is 2.46. The van der Waals surface area contributed by atoms with Gasteiger partial charge in [-0.15, -0.1) is 0 Å². The van der Waals surface area contributed by atoms with Crippen LogP contribution in [-0.2, 0) is 9.47 Å². The Kier molecular flexibility index (Phi) is 2.69. The molecule has 2 N–H and O–H groups in total. The number of nitrogens with zero attached hydrogens (tertiary/aromatic N) is 2. The van der Waals surface area contributed by atoms with Gasteiger partial charge in [-0.3, -0.25) is 4.57 Å². The van der Waals surface area contributed by atoms with Gasteiger partial charge in [0.05, 0.1) is 12.2 Å². The van der Waals surface area contributed by atoms with Crippen molar-refractivity contribution >= 4 is 5.82 Å². The first-order valence-electron chi connectivity index (χ1n) is 6.58. The predicted molar refractivity (Wildman–Crippen MR) is 69.6 cm³/mol. The number of aromatic nitrogens is 2. The lowest BCUT2D eigenvalue weighted by molar-refractivity contribution is -0.160. The maximum atomic E-state index is 11.9. The SMILES string of the molecule is CC1(C)OC[C@@]2(CC[C@H](n3ccc(N)nc3=O)C2)O1. The van der Waals surface area contributed by atoms with Crippen molar-refractivity contribution < 1.29 is 9.47 Å². The first-order valence-corrected chi connectivity index (χ1v) is 6.58. The van der Waals surface area contributed by atoms with Crippen LogP contribution in [0.5, 0.6) is 0 Å². The molecule has 0 radical (unpaired) electrons. The van der Waals surface area contributed by atoms with Crippen LogP contribution in [0.25, 0.3) is 0 Å². The Morgan fingerprint density at radius 2 is 2.32 bits per heavy atom. The van der Waals surface area contributed by atoms with Crippen LogP contribution in [0.1, 0.15) is 39.2 Å². The highest BCUT2D eigenvalue weighted by atomic mass is 16.8. The van der Waals surface area contributed by atoms with Crippen LogP contribution in [0, 0.1) is 0 Å². The predicted octanol–water partition coefficient (Wildman–Crippen LogP) is 1.07. The Balaban J connectivity index is 1.81. The fraction of sp³-hybridized carbons (Fsp3) is 0.692. The van der Waals surface area contributed by atoms with Crippen LogP contribution >= 0.6 is 0 Å². The second kappa shape index (κ2) is 4.05. The second-order valence-corrected chi connectivity index (χ2v) is 5.91. The zero-order chi connectivity index (χ0) is 13.7. The van der Waals surface area contributed by atoms with E-state index >= 15 is 0 Å². The average Bonchev–Trinajstić information content (AvgIpc) is 2.83. The van der Waals surface area contributed by atoms with Gasteiger partial charge in [0.1, 0.15) is 5.82 Å². The molecule has 1 aromatic heterocycles. The van der Waals surface area contributed by atoms with Crippen LogP contribution in [0.4, 0.5) is 5.82 Å². The van der Waals surface area contributed by atoms with Crippen molar-refractivity contribution in [2.24, 2.45) is 0 Å². The van der Waals surface area contributed by atoms with Gasteiger partial charge in [-0.25, -0.2) is 4.79 Å². The van der Waals surface area contributed by atoms with E-state index in [0.717, 1.165) is 19.3 Å². The van der Waals surface area contributed by atoms with E-state index in [4.69, 9.17) is 15.2 Å². The van der Waals surface area contributed by atoms with Crippen molar-refractivity contribution in [3.05, 3.63) is 22.7 Å². The van der Waals surface area contributed by atoms with Gasteiger partial charge >= 0.3 is 5.69 Å². The van der Waals surface area contributed by atoms with Crippen LogP contribution in [0.2, 0.25) is 0 Å². The normalized spacial score (nSPS) is 33.1. The molecule has 1 saturated carbocycles. The minimum Gasteiger partial charge on any atom is -0.383 e. The molecule has 2 aliphatic rings. The van der Waals surface area contributed by atoms with E-state index in [1.54, 1.807) is 16.8 Å². The molecule has 1 aromatic rings. The van der Waals surface area contributed by atoms with Crippen LogP contribution in [-0.4, -0.2) is 27.5 Å². The Morgan fingerprint density at radius 1 is 1.53 bits per heavy atom. The summed E-state index contributed by atoms with van der Waals surface area (Å²) in [5.74, 6) is -0.269. The molecule has 104 valence electrons. The minimum atomic E-state index is -0.529. The highest BCUT2D eigenvalue weighted by Gasteiger charge is 2.50. The lowest BCUT2D eigenvalue weighted by Gasteiger charge is -2.24. The maximum Gasteiger partial charge on any atom is 0.349 e. The van der Waals surface area contributed by atoms with E-state index in [9.17, 15) is 4.79 Å². The van der Waals surface area contributed by atoms with Gasteiger partial charge in [0.2, 0.25) is 0 Å². The fourth-order valence-electron chi connectivity index (χ4n) is 3.11. The van der Waals surface area contributed by atoms with E-state index in [1.165, 1.54) is 0 Å². The molecular weight excluding hydrogens is 246 g/mol. The summed E-state index contributed by atoms with van der Waals surface area (Å²) in [4.78, 5) is 15.6. The third-order valence-electron chi connectivity index (χ3n) is 3.93. The van der Waals surface area contributed by atoms with Crippen molar-refractivity contribution in [2.45, 2.75) is 50.5 Å². The zero-order valence-corrected chi connectivity index (χ0v) is 11.3. The molecule has 2 heterocycles. The molecule has 6 nitrogen and oxygen atoms in total. The molecule has 0 aromatic carbocycles. The lowest BCUT2D eigenvalue weighted by Crippen LogP contribution is -2.33. The van der Waals surface area contributed by atoms with Gasteiger partial charge in [-0.05, 0) is 39.2 Å². The van der Waals surface area contributed by atoms with E-state index in [2.05, 4.69) is 4.98 Å². The van der Waals surface area contributed by atoms with Crippen LogP contribution in [0.15, 0.2) is 17.1 Å². The first-order chi connectivity index (χ1) is 8.89. The quantitative estimate of drug-likeness (QED) is 0.821. The third kappa shape index (κ3) is 2.26. The fourth-order valence-corrected chi connectivity index (χ4v) is 3.11. The molecule has 6 heteroatoms. The summed E-state index contributed by atoms with van der Waals surface area (Å²) >= 11 is 0. The van der Waals surface area contributed by atoms with E-state index in [-0.39, 0.29) is 23.2 Å². The molecule has 1 aliphatic carbocycles. The molecule has 19 heavy (non-hydrogen) atoms. The summed E-state index contributed by atoms with van der Waals surface area (Å²) in [6.45, 7) is 4.44. The number of nitrogen functional groups attached to an aromatic ring is 1. The topological polar surface area (TPSA) is 79.4 Å². The highest BCUT2D eigenvalue weighted by molar-refractivity contribution is 5.23. The molecule has 2 atom stereocenters. The first kappa shape index (κ1) is 12.6. The second-order valence-electron chi connectivity index (χ2n) is 5.91. The molecule has 0 unspecified atom stereocenters. The Bertz CT molecular complexity index is 554. The maximum absolute atomic E-state index is 11.9. The molecule has 0 bridgehead atoms. The third-order valence-corrected chi connectivity index (χ3v) is 3.93. The molecule has 1 aliphatic heterocycles. The number of hydrogen-bond donors (Lipinski definition) is 1. The van der Waals surface area contributed by atoms with Crippen molar-refractivity contribution in [3.8, 4) is 0 Å². The van der Waals surface area contributed by atoms with Gasteiger partial charge in [-0.1, -0.05) is 0 Å². The van der Waals surface area contributed by atoms with Gasteiger partial charge < -0.3 is 15.2 Å². The van der Waals surface area contributed by atoms with Crippen molar-refractivity contribution in [3.63, 3.8) is 0 Å². The van der Waals surface area contributed by atoms with Crippen molar-refractivity contribution in [1.29, 1.82) is 0 Å². The average molecular weight is 265 g/mol. The molecule has 0 amide bonds. The standard InChI is InChI=1S/C13H19N3O3/c1-12(2)18-8-13(19-12)5-3-9(7-13)16-6-4-10(14)15-11(16)17/h4,6,9H,3,5,7-8H2,1-2H3,(H2,14,15,17)/t9-,13-/m0/s1. The van der Waals surface area contributed by atoms with E-state index < -0.39 is 5.79 Å². The molecule has 1 saturated heterocycles. The molecule has 3 rings (SSSR count). The number of nitrogens with two attached hydrogens (primary N) is 1. The van der Waals surface area contributed by atoms with Gasteiger partial charge in [0.25, 0.3) is 0 Å². The molecule has 1 spiro atoms. The number of ether oxygens (including phenoxy) is 2. The number of anilines is 1. The Hall–Kier alpha value is -1.40. The monoisotopic (exact) mass is 265 g/mol. The largest absolute Gasteiger partial charge is 0.383 e. The van der Waals surface area contributed by atoms with E-state index in [0.29, 0.717) is 6.61 Å². The molecular formula is C13H19N3O3. The summed E-state index contributed by atoms with van der Waals surface area (Å²) in [6, 6.07) is 1.76. The summed E-state index contributed by atoms with van der Waals surface area (Å²) in [5.41, 5.74) is 4.96. The smallest absolute Gasteiger partial charge is 0.349 e. The Morgan fingerprint density at radius 3 is 2.95 bits per heavy atom. The van der Waals surface area contributed by atoms with E-state index in [1.807, 2.05) is 13.8 Å². The van der Waals surface area contributed by atoms with Crippen LogP contribution in [0.3, 0.4) is 0 Å². The van der Waals surface area contributed by atoms with Gasteiger partial charge in [0, 0.05) is 12.2 Å². The van der Waals surface area contributed by atoms with Crippen molar-refractivity contribution in [1.82, 2.24) is 9.55 Å². The Labute approximate surface area is 111 Å². The lowest BCUT2D eigenvalue weighted by atomic mass is 10.0. The van der Waals surface area contributed by atoms with Crippen molar-refractivity contribution in [2.75, 3.05) is 12.3 Å². The summed E-state index contributed by atoms with van der Waals surface area (Å²) < 4.78 is 13.3. The summed E-state index contributed by atoms with van der Waals surface area (Å²) in [6.07, 6.45) is 4.29. The number of hydrogen-bond acceptors (Lipinski definition) is 5. The number of rotatable bonds is 1. The zero-order valence-electron chi connectivity index (χ0n) is 11.3.